The van der Waals surface area contributed by atoms with Gasteiger partial charge in [-0.25, -0.2) is 9.78 Å². The number of imidazole rings is 1. The monoisotopic (exact) mass is 458 g/mol. The van der Waals surface area contributed by atoms with Crippen LogP contribution < -0.4 is 26.6 Å². The van der Waals surface area contributed by atoms with Crippen molar-refractivity contribution in [2.24, 2.45) is 14.1 Å². The van der Waals surface area contributed by atoms with Gasteiger partial charge in [-0.2, -0.15) is 0 Å². The number of carbonyl (C=O) groups is 1. The van der Waals surface area contributed by atoms with Crippen LogP contribution in [0, 0.1) is 0 Å². The fraction of sp³-hybridized carbons (Fsp3) is 0.455. The lowest BCUT2D eigenvalue weighted by Gasteiger charge is -2.18. The van der Waals surface area contributed by atoms with E-state index in [2.05, 4.69) is 15.6 Å². The lowest BCUT2D eigenvalue weighted by molar-refractivity contribution is -0.114. The topological polar surface area (TPSA) is 132 Å². The fourth-order valence-corrected chi connectivity index (χ4v) is 3.43. The molecular weight excluding hydrogens is 428 g/mol. The number of carbonyl (C=O) groups excluding carboxylic acids is 1. The van der Waals surface area contributed by atoms with Gasteiger partial charge in [0.15, 0.2) is 11.2 Å². The average molecular weight is 459 g/mol. The van der Waals surface area contributed by atoms with E-state index in [1.807, 2.05) is 6.92 Å². The first-order valence-corrected chi connectivity index (χ1v) is 10.7. The predicted octanol–water partition coefficient (Wildman–Crippen LogP) is 0.200. The number of aryl methyl sites for hydroxylation is 2. The van der Waals surface area contributed by atoms with Crippen LogP contribution in [0.2, 0.25) is 0 Å². The summed E-state index contributed by atoms with van der Waals surface area (Å²) in [4.78, 5) is 39.8. The molecule has 11 heteroatoms. The van der Waals surface area contributed by atoms with Gasteiger partial charge in [-0.3, -0.25) is 18.7 Å². The van der Waals surface area contributed by atoms with Gasteiger partial charge in [0.25, 0.3) is 5.56 Å². The van der Waals surface area contributed by atoms with Crippen molar-refractivity contribution in [3.05, 3.63) is 51.4 Å². The largest absolute Gasteiger partial charge is 0.491 e. The van der Waals surface area contributed by atoms with E-state index in [0.29, 0.717) is 42.1 Å². The summed E-state index contributed by atoms with van der Waals surface area (Å²) in [5, 5.41) is 16.1. The molecule has 11 nitrogen and oxygen atoms in total. The van der Waals surface area contributed by atoms with Gasteiger partial charge in [-0.1, -0.05) is 0 Å². The van der Waals surface area contributed by atoms with Gasteiger partial charge in [-0.05, 0) is 37.6 Å². The molecule has 2 heterocycles. The van der Waals surface area contributed by atoms with Crippen LogP contribution in [0.1, 0.15) is 20.3 Å². The number of aromatic nitrogens is 4. The van der Waals surface area contributed by atoms with Crippen molar-refractivity contribution in [3.63, 3.8) is 0 Å². The highest BCUT2D eigenvalue weighted by molar-refractivity contribution is 5.88. The van der Waals surface area contributed by atoms with Gasteiger partial charge in [0.05, 0.1) is 6.33 Å². The molecule has 178 valence electrons. The summed E-state index contributed by atoms with van der Waals surface area (Å²) in [5.41, 5.74) is 0.652. The standard InChI is InChI=1S/C22H30N6O5/c1-14(9-10-28-13-24-20-19(28)21(31)27(4)22(32)26(20)3)23-11-17(30)12-33-18-7-5-16(6-8-18)25-15(2)29/h5-8,13-14,17,23,30H,9-12H2,1-4H3,(H,25,29). The normalized spacial score (nSPS) is 13.1. The van der Waals surface area contributed by atoms with Gasteiger partial charge in [0.1, 0.15) is 18.5 Å². The molecule has 0 aliphatic heterocycles. The molecule has 3 rings (SSSR count). The first-order chi connectivity index (χ1) is 15.7. The molecule has 0 spiro atoms. The van der Waals surface area contributed by atoms with Crippen molar-refractivity contribution >= 4 is 22.8 Å². The number of amides is 1. The van der Waals surface area contributed by atoms with E-state index in [0.717, 1.165) is 4.57 Å². The van der Waals surface area contributed by atoms with E-state index in [9.17, 15) is 19.5 Å². The fourth-order valence-electron chi connectivity index (χ4n) is 3.43. The number of hydrogen-bond donors (Lipinski definition) is 3. The lowest BCUT2D eigenvalue weighted by Crippen LogP contribution is -2.38. The third kappa shape index (κ3) is 5.88. The third-order valence-electron chi connectivity index (χ3n) is 5.34. The van der Waals surface area contributed by atoms with Gasteiger partial charge in [0.2, 0.25) is 5.91 Å². The second-order valence-electron chi connectivity index (χ2n) is 8.08. The molecule has 2 atom stereocenters. The Balaban J connectivity index is 1.47. The zero-order valence-corrected chi connectivity index (χ0v) is 19.2. The smallest absolute Gasteiger partial charge is 0.332 e. The molecule has 2 aromatic heterocycles. The summed E-state index contributed by atoms with van der Waals surface area (Å²) in [6.07, 6.45) is 1.55. The van der Waals surface area contributed by atoms with Crippen LogP contribution in [-0.2, 0) is 25.4 Å². The summed E-state index contributed by atoms with van der Waals surface area (Å²) in [6, 6.07) is 6.97. The molecule has 0 saturated heterocycles. The maximum atomic E-state index is 12.5. The number of rotatable bonds is 10. The Morgan fingerprint density at radius 3 is 2.55 bits per heavy atom. The highest BCUT2D eigenvalue weighted by Gasteiger charge is 2.15. The number of nitrogens with one attached hydrogen (secondary N) is 2. The van der Waals surface area contributed by atoms with E-state index in [1.165, 1.54) is 18.5 Å². The van der Waals surface area contributed by atoms with E-state index >= 15 is 0 Å². The predicted molar refractivity (Wildman–Crippen MR) is 125 cm³/mol. The zero-order chi connectivity index (χ0) is 24.1. The van der Waals surface area contributed by atoms with E-state index in [1.54, 1.807) is 42.2 Å². The molecule has 0 radical (unpaired) electrons. The SMILES string of the molecule is CC(=O)Nc1ccc(OCC(O)CNC(C)CCn2cnc3c2c(=O)n(C)c(=O)n3C)cc1. The Morgan fingerprint density at radius 1 is 1.18 bits per heavy atom. The lowest BCUT2D eigenvalue weighted by atomic mass is 10.2. The maximum Gasteiger partial charge on any atom is 0.332 e. The second kappa shape index (κ2) is 10.5. The molecule has 0 fully saturated rings. The molecule has 0 aliphatic carbocycles. The van der Waals surface area contributed by atoms with Crippen LogP contribution in [-0.4, -0.2) is 55.0 Å². The Kier molecular flexibility index (Phi) is 7.67. The Bertz CT molecular complexity index is 1230. The van der Waals surface area contributed by atoms with Crippen molar-refractivity contribution in [1.82, 2.24) is 24.0 Å². The number of aliphatic hydroxyl groups is 1. The molecule has 33 heavy (non-hydrogen) atoms. The first kappa shape index (κ1) is 24.2. The van der Waals surface area contributed by atoms with Crippen molar-refractivity contribution in [2.75, 3.05) is 18.5 Å². The van der Waals surface area contributed by atoms with Crippen molar-refractivity contribution < 1.29 is 14.6 Å². The zero-order valence-electron chi connectivity index (χ0n) is 19.2. The van der Waals surface area contributed by atoms with Crippen LogP contribution in [0.5, 0.6) is 5.75 Å². The number of nitrogens with zero attached hydrogens (tertiary/aromatic N) is 4. The first-order valence-electron chi connectivity index (χ1n) is 10.7. The molecule has 2 unspecified atom stereocenters. The van der Waals surface area contributed by atoms with E-state index in [4.69, 9.17) is 4.74 Å². The highest BCUT2D eigenvalue weighted by Crippen LogP contribution is 2.15. The van der Waals surface area contributed by atoms with Crippen LogP contribution >= 0.6 is 0 Å². The van der Waals surface area contributed by atoms with Crippen LogP contribution in [0.15, 0.2) is 40.2 Å². The van der Waals surface area contributed by atoms with Crippen LogP contribution in [0.4, 0.5) is 5.69 Å². The second-order valence-corrected chi connectivity index (χ2v) is 8.08. The van der Waals surface area contributed by atoms with Crippen molar-refractivity contribution in [1.29, 1.82) is 0 Å². The number of fused-ring (bicyclic) bond motifs is 1. The summed E-state index contributed by atoms with van der Waals surface area (Å²) in [5.74, 6) is 0.452. The summed E-state index contributed by atoms with van der Waals surface area (Å²) < 4.78 is 9.78. The summed E-state index contributed by atoms with van der Waals surface area (Å²) in [7, 11) is 3.04. The molecular formula is C22H30N6O5. The number of hydrogen-bond acceptors (Lipinski definition) is 7. The molecule has 3 N–H and O–H groups in total. The average Bonchev–Trinajstić information content (AvgIpc) is 3.22. The number of benzene rings is 1. The van der Waals surface area contributed by atoms with Crippen LogP contribution in [0.3, 0.4) is 0 Å². The molecule has 0 saturated carbocycles. The Labute approximate surface area is 190 Å². The number of anilines is 1. The van der Waals surface area contributed by atoms with Crippen molar-refractivity contribution in [3.8, 4) is 5.75 Å². The molecule has 1 amide bonds. The minimum atomic E-state index is -0.710. The molecule has 0 aliphatic rings. The van der Waals surface area contributed by atoms with Crippen LogP contribution in [0.25, 0.3) is 11.2 Å². The number of aliphatic hydroxyl groups excluding tert-OH is 1. The van der Waals surface area contributed by atoms with Gasteiger partial charge < -0.3 is 25.0 Å². The van der Waals surface area contributed by atoms with E-state index in [-0.39, 0.29) is 24.1 Å². The molecule has 3 aromatic rings. The quantitative estimate of drug-likeness (QED) is 0.395. The Morgan fingerprint density at radius 2 is 1.88 bits per heavy atom. The third-order valence-corrected chi connectivity index (χ3v) is 5.34. The summed E-state index contributed by atoms with van der Waals surface area (Å²) in [6.45, 7) is 4.42. The van der Waals surface area contributed by atoms with Gasteiger partial charge in [0, 0.05) is 45.8 Å². The highest BCUT2D eigenvalue weighted by atomic mass is 16.5. The summed E-state index contributed by atoms with van der Waals surface area (Å²) >= 11 is 0. The maximum absolute atomic E-state index is 12.5. The Hall–Kier alpha value is -3.44. The minimum absolute atomic E-state index is 0.0606. The van der Waals surface area contributed by atoms with Crippen molar-refractivity contribution in [2.45, 2.75) is 39.0 Å². The molecule has 1 aromatic carbocycles. The van der Waals surface area contributed by atoms with Gasteiger partial charge >= 0.3 is 5.69 Å². The number of ether oxygens (including phenoxy) is 1. The van der Waals surface area contributed by atoms with Gasteiger partial charge in [-0.15, -0.1) is 0 Å². The van der Waals surface area contributed by atoms with E-state index < -0.39 is 11.8 Å². The minimum Gasteiger partial charge on any atom is -0.491 e. The molecule has 0 bridgehead atoms.